The fourth-order valence-electron chi connectivity index (χ4n) is 4.82. The lowest BCUT2D eigenvalue weighted by molar-refractivity contribution is -0.146. The van der Waals surface area contributed by atoms with Crippen molar-refractivity contribution >= 4 is 18.0 Å². The highest BCUT2D eigenvalue weighted by atomic mass is 16.6. The van der Waals surface area contributed by atoms with Crippen LogP contribution in [0.4, 0.5) is 4.79 Å². The number of methoxy groups -OCH3 is 1. The van der Waals surface area contributed by atoms with Gasteiger partial charge in [-0.15, -0.1) is 0 Å². The number of nitrogens with zero attached hydrogens (tertiary/aromatic N) is 1. The van der Waals surface area contributed by atoms with E-state index in [0.717, 1.165) is 27.8 Å². The number of ether oxygens (including phenoxy) is 2. The summed E-state index contributed by atoms with van der Waals surface area (Å²) >= 11 is 0. The van der Waals surface area contributed by atoms with Gasteiger partial charge in [-0.2, -0.15) is 0 Å². The lowest BCUT2D eigenvalue weighted by Gasteiger charge is -2.41. The Morgan fingerprint density at radius 3 is 2.03 bits per heavy atom. The maximum absolute atomic E-state index is 13.2. The van der Waals surface area contributed by atoms with Crippen LogP contribution in [-0.4, -0.2) is 36.1 Å². The molecule has 1 heterocycles. The molecule has 0 bridgehead atoms. The molecule has 5 rings (SSSR count). The van der Waals surface area contributed by atoms with Crippen LogP contribution in [0, 0.1) is 0 Å². The Morgan fingerprint density at radius 2 is 1.45 bits per heavy atom. The first-order valence-electron chi connectivity index (χ1n) is 9.95. The van der Waals surface area contributed by atoms with E-state index < -0.39 is 29.6 Å². The van der Waals surface area contributed by atoms with Crippen LogP contribution in [0.25, 0.3) is 11.1 Å². The first-order chi connectivity index (χ1) is 15.1. The van der Waals surface area contributed by atoms with Gasteiger partial charge < -0.3 is 9.47 Å². The van der Waals surface area contributed by atoms with Gasteiger partial charge in [0.05, 0.1) is 13.5 Å². The number of hydrogen-bond acceptors (Lipinski definition) is 5. The third-order valence-electron chi connectivity index (χ3n) is 6.03. The van der Waals surface area contributed by atoms with E-state index in [9.17, 15) is 14.4 Å². The largest absolute Gasteiger partial charge is 0.469 e. The van der Waals surface area contributed by atoms with E-state index in [2.05, 4.69) is 0 Å². The van der Waals surface area contributed by atoms with E-state index in [1.165, 1.54) is 12.0 Å². The lowest BCUT2D eigenvalue weighted by atomic mass is 9.78. The summed E-state index contributed by atoms with van der Waals surface area (Å²) in [7, 11) is 1.25. The minimum atomic E-state index is -1.13. The molecule has 1 atom stereocenters. The molecular formula is C25H19NO5. The second kappa shape index (κ2) is 7.09. The minimum absolute atomic E-state index is 0.292. The number of cyclic esters (lactones) is 2. The van der Waals surface area contributed by atoms with Crippen molar-refractivity contribution in [2.45, 2.75) is 18.0 Å². The number of fused-ring (bicyclic) bond motifs is 3. The summed E-state index contributed by atoms with van der Waals surface area (Å²) in [5.74, 6) is -1.35. The first kappa shape index (κ1) is 19.1. The highest BCUT2D eigenvalue weighted by Gasteiger charge is 2.58. The van der Waals surface area contributed by atoms with Crippen molar-refractivity contribution in [2.75, 3.05) is 7.11 Å². The predicted octanol–water partition coefficient (Wildman–Crippen LogP) is 3.87. The van der Waals surface area contributed by atoms with Crippen molar-refractivity contribution in [1.29, 1.82) is 0 Å². The fraction of sp³-hybridized carbons (Fsp3) is 0.160. The molecule has 0 N–H and O–H groups in total. The van der Waals surface area contributed by atoms with Gasteiger partial charge in [0.15, 0.2) is 0 Å². The molecule has 2 aliphatic rings. The number of benzene rings is 3. The van der Waals surface area contributed by atoms with E-state index in [-0.39, 0.29) is 6.42 Å². The second-order valence-corrected chi connectivity index (χ2v) is 7.52. The van der Waals surface area contributed by atoms with Gasteiger partial charge in [0.25, 0.3) is 0 Å². The number of esters is 2. The maximum atomic E-state index is 13.2. The molecule has 31 heavy (non-hydrogen) atoms. The zero-order valence-corrected chi connectivity index (χ0v) is 16.8. The molecule has 3 aromatic carbocycles. The molecule has 1 saturated heterocycles. The standard InChI is InChI=1S/C25H19NO5/c1-30-22(27)15-21-23(28)31-24(29)26(21)25(16-9-3-2-4-10-16)19-13-7-5-11-17(19)18-12-6-8-14-20(18)25/h2-14,21H,15H2,1H3/t21-/m0/s1. The Hall–Kier alpha value is -3.93. The molecule has 0 aromatic heterocycles. The number of amides is 1. The molecule has 1 aliphatic heterocycles. The van der Waals surface area contributed by atoms with Gasteiger partial charge in [-0.1, -0.05) is 78.9 Å². The summed E-state index contributed by atoms with van der Waals surface area (Å²) in [4.78, 5) is 39.4. The molecule has 0 spiro atoms. The fourth-order valence-corrected chi connectivity index (χ4v) is 4.82. The second-order valence-electron chi connectivity index (χ2n) is 7.52. The molecule has 1 aliphatic carbocycles. The summed E-state index contributed by atoms with van der Waals surface area (Å²) in [5, 5.41) is 0. The Kier molecular flexibility index (Phi) is 4.36. The molecule has 0 radical (unpaired) electrons. The topological polar surface area (TPSA) is 72.9 Å². The van der Waals surface area contributed by atoms with E-state index in [0.29, 0.717) is 0 Å². The lowest BCUT2D eigenvalue weighted by Crippen LogP contribution is -2.52. The highest BCUT2D eigenvalue weighted by molar-refractivity contribution is 6.00. The Labute approximate surface area is 179 Å². The summed E-state index contributed by atoms with van der Waals surface area (Å²) in [5.41, 5.74) is 3.30. The van der Waals surface area contributed by atoms with Crippen LogP contribution < -0.4 is 0 Å². The summed E-state index contributed by atoms with van der Waals surface area (Å²) in [6, 6.07) is 24.0. The van der Waals surface area contributed by atoms with E-state index >= 15 is 0 Å². The van der Waals surface area contributed by atoms with Crippen LogP contribution in [0.2, 0.25) is 0 Å². The maximum Gasteiger partial charge on any atom is 0.419 e. The van der Waals surface area contributed by atoms with Crippen LogP contribution in [0.5, 0.6) is 0 Å². The predicted molar refractivity (Wildman–Crippen MR) is 112 cm³/mol. The van der Waals surface area contributed by atoms with Gasteiger partial charge in [-0.05, 0) is 27.8 Å². The van der Waals surface area contributed by atoms with Crippen molar-refractivity contribution in [2.24, 2.45) is 0 Å². The van der Waals surface area contributed by atoms with Crippen molar-refractivity contribution in [1.82, 2.24) is 4.90 Å². The zero-order chi connectivity index (χ0) is 21.6. The summed E-state index contributed by atoms with van der Waals surface area (Å²) in [6.45, 7) is 0. The molecule has 3 aromatic rings. The first-order valence-corrected chi connectivity index (χ1v) is 9.95. The molecule has 6 nitrogen and oxygen atoms in total. The van der Waals surface area contributed by atoms with Crippen LogP contribution >= 0.6 is 0 Å². The minimum Gasteiger partial charge on any atom is -0.469 e. The van der Waals surface area contributed by atoms with Gasteiger partial charge >= 0.3 is 18.0 Å². The number of carbonyl (C=O) groups excluding carboxylic acids is 3. The molecule has 0 unspecified atom stereocenters. The number of hydrogen-bond donors (Lipinski definition) is 0. The van der Waals surface area contributed by atoms with Crippen molar-refractivity contribution in [3.63, 3.8) is 0 Å². The highest BCUT2D eigenvalue weighted by Crippen LogP contribution is 2.55. The normalized spacial score (nSPS) is 18.4. The molecule has 154 valence electrons. The Balaban J connectivity index is 1.86. The molecule has 0 saturated carbocycles. The SMILES string of the molecule is COC(=O)C[C@H]1C(=O)OC(=O)N1C1(c2ccccc2)c2ccccc2-c2ccccc21. The summed E-state index contributed by atoms with van der Waals surface area (Å²) in [6.07, 6.45) is -1.07. The Bertz CT molecular complexity index is 1160. The van der Waals surface area contributed by atoms with Crippen molar-refractivity contribution in [3.05, 3.63) is 95.6 Å². The van der Waals surface area contributed by atoms with E-state index in [1.807, 2.05) is 78.9 Å². The average molecular weight is 413 g/mol. The van der Waals surface area contributed by atoms with E-state index in [1.54, 1.807) is 0 Å². The van der Waals surface area contributed by atoms with Crippen LogP contribution in [0.3, 0.4) is 0 Å². The molecule has 6 heteroatoms. The zero-order valence-electron chi connectivity index (χ0n) is 16.8. The van der Waals surface area contributed by atoms with Gasteiger partial charge in [-0.3, -0.25) is 9.69 Å². The van der Waals surface area contributed by atoms with Crippen molar-refractivity contribution in [3.8, 4) is 11.1 Å². The monoisotopic (exact) mass is 413 g/mol. The van der Waals surface area contributed by atoms with Gasteiger partial charge in [0, 0.05) is 0 Å². The summed E-state index contributed by atoms with van der Waals surface area (Å²) < 4.78 is 9.86. The van der Waals surface area contributed by atoms with Gasteiger partial charge in [-0.25, -0.2) is 9.59 Å². The van der Waals surface area contributed by atoms with E-state index in [4.69, 9.17) is 9.47 Å². The molecular weight excluding hydrogens is 394 g/mol. The van der Waals surface area contributed by atoms with Crippen molar-refractivity contribution < 1.29 is 23.9 Å². The van der Waals surface area contributed by atoms with Crippen LogP contribution in [-0.2, 0) is 24.6 Å². The van der Waals surface area contributed by atoms with Crippen LogP contribution in [0.15, 0.2) is 78.9 Å². The Morgan fingerprint density at radius 1 is 0.903 bits per heavy atom. The average Bonchev–Trinajstić information content (AvgIpc) is 3.25. The smallest absolute Gasteiger partial charge is 0.419 e. The van der Waals surface area contributed by atoms with Gasteiger partial charge in [0.2, 0.25) is 0 Å². The van der Waals surface area contributed by atoms with Crippen LogP contribution in [0.1, 0.15) is 23.1 Å². The van der Waals surface area contributed by atoms with Gasteiger partial charge in [0.1, 0.15) is 11.6 Å². The third kappa shape index (κ3) is 2.61. The number of rotatable bonds is 4. The quantitative estimate of drug-likeness (QED) is 0.480. The number of carbonyl (C=O) groups is 3. The third-order valence-corrected chi connectivity index (χ3v) is 6.03. The molecule has 1 fully saturated rings. The molecule has 1 amide bonds.